The van der Waals surface area contributed by atoms with E-state index in [4.69, 9.17) is 0 Å². The summed E-state index contributed by atoms with van der Waals surface area (Å²) in [6, 6.07) is 6.03. The van der Waals surface area contributed by atoms with Gasteiger partial charge in [0.15, 0.2) is 0 Å². The molecule has 0 amide bonds. The van der Waals surface area contributed by atoms with Crippen LogP contribution in [0.5, 0.6) is 0 Å². The summed E-state index contributed by atoms with van der Waals surface area (Å²) in [7, 11) is 0. The number of halogens is 1. The summed E-state index contributed by atoms with van der Waals surface area (Å²) >= 11 is 3.50. The minimum atomic E-state index is -0.521. The molecular weight excluding hydrogens is 294 g/mol. The highest BCUT2D eigenvalue weighted by molar-refractivity contribution is 9.10. The van der Waals surface area contributed by atoms with Crippen LogP contribution < -0.4 is 4.90 Å². The molecule has 0 radical (unpaired) electrons. The second-order valence-corrected chi connectivity index (χ2v) is 6.22. The van der Waals surface area contributed by atoms with Crippen molar-refractivity contribution in [3.05, 3.63) is 28.2 Å². The molecule has 1 aliphatic rings. The molecule has 1 fully saturated rings. The Bertz CT molecular complexity index is 422. The number of anilines is 1. The van der Waals surface area contributed by atoms with Gasteiger partial charge in [0.2, 0.25) is 0 Å². The Balaban J connectivity index is 2.13. The van der Waals surface area contributed by atoms with Gasteiger partial charge in [0.05, 0.1) is 11.7 Å². The predicted molar refractivity (Wildman–Crippen MR) is 76.8 cm³/mol. The first-order valence-electron chi connectivity index (χ1n) is 6.34. The van der Waals surface area contributed by atoms with Crippen LogP contribution in [0, 0.1) is 0 Å². The van der Waals surface area contributed by atoms with E-state index in [2.05, 4.69) is 20.8 Å². The monoisotopic (exact) mass is 313 g/mol. The van der Waals surface area contributed by atoms with E-state index < -0.39 is 11.7 Å². The number of nitrogens with zero attached hydrogens (tertiary/aromatic N) is 1. The van der Waals surface area contributed by atoms with Crippen molar-refractivity contribution in [3.63, 3.8) is 0 Å². The third kappa shape index (κ3) is 3.05. The van der Waals surface area contributed by atoms with Gasteiger partial charge in [-0.05, 0) is 44.4 Å². The molecule has 0 spiro atoms. The normalized spacial score (nSPS) is 20.8. The number of benzene rings is 1. The molecule has 1 aliphatic heterocycles. The second-order valence-electron chi connectivity index (χ2n) is 5.37. The maximum absolute atomic E-state index is 9.94. The molecule has 0 unspecified atom stereocenters. The first kappa shape index (κ1) is 13.8. The van der Waals surface area contributed by atoms with Crippen molar-refractivity contribution >= 4 is 21.6 Å². The van der Waals surface area contributed by atoms with Gasteiger partial charge in [-0.2, -0.15) is 0 Å². The Kier molecular flexibility index (Phi) is 3.99. The van der Waals surface area contributed by atoms with E-state index in [1.807, 2.05) is 25.1 Å². The van der Waals surface area contributed by atoms with Gasteiger partial charge in [-0.25, -0.2) is 0 Å². The molecule has 0 saturated carbocycles. The predicted octanol–water partition coefficient (Wildman–Crippen LogP) is 2.85. The molecule has 1 saturated heterocycles. The minimum absolute atomic E-state index is 0.462. The van der Waals surface area contributed by atoms with Crippen LogP contribution in [0.1, 0.15) is 38.4 Å². The van der Waals surface area contributed by atoms with E-state index in [1.165, 1.54) is 0 Å². The van der Waals surface area contributed by atoms with Gasteiger partial charge in [0.25, 0.3) is 0 Å². The third-order valence-corrected chi connectivity index (χ3v) is 4.33. The van der Waals surface area contributed by atoms with E-state index in [0.717, 1.165) is 41.7 Å². The lowest BCUT2D eigenvalue weighted by molar-refractivity contribution is 0.0351. The Morgan fingerprint density at radius 1 is 1.33 bits per heavy atom. The van der Waals surface area contributed by atoms with Crippen molar-refractivity contribution in [3.8, 4) is 0 Å². The van der Waals surface area contributed by atoms with Crippen molar-refractivity contribution in [1.82, 2.24) is 0 Å². The van der Waals surface area contributed by atoms with Gasteiger partial charge in [-0.3, -0.25) is 0 Å². The van der Waals surface area contributed by atoms with Crippen LogP contribution in [0.4, 0.5) is 5.69 Å². The first-order chi connectivity index (χ1) is 8.39. The fourth-order valence-electron chi connectivity index (χ4n) is 2.30. The van der Waals surface area contributed by atoms with Crippen molar-refractivity contribution in [2.75, 3.05) is 18.0 Å². The molecule has 4 heteroatoms. The highest BCUT2D eigenvalue weighted by Gasteiger charge is 2.27. The zero-order chi connectivity index (χ0) is 13.3. The zero-order valence-corrected chi connectivity index (χ0v) is 12.4. The van der Waals surface area contributed by atoms with Crippen molar-refractivity contribution in [1.29, 1.82) is 0 Å². The summed E-state index contributed by atoms with van der Waals surface area (Å²) in [5.74, 6) is 0. The van der Waals surface area contributed by atoms with Crippen LogP contribution in [0.25, 0.3) is 0 Å². The minimum Gasteiger partial charge on any atom is -0.390 e. The van der Waals surface area contributed by atoms with Gasteiger partial charge in [-0.1, -0.05) is 22.0 Å². The molecule has 18 heavy (non-hydrogen) atoms. The molecule has 2 rings (SSSR count). The summed E-state index contributed by atoms with van der Waals surface area (Å²) in [5, 5.41) is 19.5. The summed E-state index contributed by atoms with van der Waals surface area (Å²) < 4.78 is 0.937. The van der Waals surface area contributed by atoms with Crippen LogP contribution >= 0.6 is 15.9 Å². The highest BCUT2D eigenvalue weighted by Crippen LogP contribution is 2.31. The molecule has 0 bridgehead atoms. The van der Waals surface area contributed by atoms with Gasteiger partial charge < -0.3 is 15.1 Å². The largest absolute Gasteiger partial charge is 0.390 e. The van der Waals surface area contributed by atoms with Crippen LogP contribution in [-0.2, 0) is 0 Å². The molecule has 1 heterocycles. The van der Waals surface area contributed by atoms with Crippen LogP contribution in [0.3, 0.4) is 0 Å². The van der Waals surface area contributed by atoms with Gasteiger partial charge >= 0.3 is 0 Å². The molecule has 0 aliphatic carbocycles. The smallest absolute Gasteiger partial charge is 0.0772 e. The first-order valence-corrected chi connectivity index (χ1v) is 7.13. The third-order valence-electron chi connectivity index (χ3n) is 3.64. The molecule has 1 atom stereocenters. The maximum atomic E-state index is 9.94. The van der Waals surface area contributed by atoms with E-state index in [9.17, 15) is 10.2 Å². The summed E-state index contributed by atoms with van der Waals surface area (Å²) in [6.45, 7) is 5.40. The Hall–Kier alpha value is -0.580. The topological polar surface area (TPSA) is 43.7 Å². The zero-order valence-electron chi connectivity index (χ0n) is 10.9. The number of rotatable bonds is 2. The molecular formula is C14H20BrNO2. The van der Waals surface area contributed by atoms with E-state index >= 15 is 0 Å². The lowest BCUT2D eigenvalue weighted by Gasteiger charge is -2.37. The summed E-state index contributed by atoms with van der Waals surface area (Å²) in [4.78, 5) is 2.27. The maximum Gasteiger partial charge on any atom is 0.0772 e. The molecule has 100 valence electrons. The standard InChI is InChI=1S/C14H20BrNO2/c1-10(17)12-4-3-11(9-13(12)15)16-7-5-14(2,18)6-8-16/h3-4,9-10,17-18H,5-8H2,1-2H3/t10-/m1/s1. The molecule has 2 N–H and O–H groups in total. The van der Waals surface area contributed by atoms with Gasteiger partial charge in [0.1, 0.15) is 0 Å². The molecule has 1 aromatic carbocycles. The lowest BCUT2D eigenvalue weighted by Crippen LogP contribution is -2.42. The summed E-state index contributed by atoms with van der Waals surface area (Å²) in [6.07, 6.45) is 1.13. The van der Waals surface area contributed by atoms with Crippen LogP contribution in [0.15, 0.2) is 22.7 Å². The number of aliphatic hydroxyl groups is 2. The van der Waals surface area contributed by atoms with Crippen molar-refractivity contribution < 1.29 is 10.2 Å². The van der Waals surface area contributed by atoms with E-state index in [-0.39, 0.29) is 0 Å². The van der Waals surface area contributed by atoms with E-state index in [0.29, 0.717) is 0 Å². The number of hydrogen-bond acceptors (Lipinski definition) is 3. The van der Waals surface area contributed by atoms with E-state index in [1.54, 1.807) is 6.92 Å². The SMILES string of the molecule is C[C@@H](O)c1ccc(N2CCC(C)(O)CC2)cc1Br. The number of piperidine rings is 1. The van der Waals surface area contributed by atoms with Crippen LogP contribution in [0.2, 0.25) is 0 Å². The Morgan fingerprint density at radius 3 is 2.44 bits per heavy atom. The second kappa shape index (κ2) is 5.19. The molecule has 1 aromatic rings. The summed E-state index contributed by atoms with van der Waals surface area (Å²) in [5.41, 5.74) is 1.53. The van der Waals surface area contributed by atoms with Gasteiger partial charge in [-0.15, -0.1) is 0 Å². The Labute approximate surface area is 117 Å². The van der Waals surface area contributed by atoms with Crippen molar-refractivity contribution in [2.24, 2.45) is 0 Å². The van der Waals surface area contributed by atoms with Crippen LogP contribution in [-0.4, -0.2) is 28.9 Å². The Morgan fingerprint density at radius 2 is 1.94 bits per heavy atom. The molecule has 3 nitrogen and oxygen atoms in total. The number of aliphatic hydroxyl groups excluding tert-OH is 1. The fraction of sp³-hybridized carbons (Fsp3) is 0.571. The number of hydrogen-bond donors (Lipinski definition) is 2. The quantitative estimate of drug-likeness (QED) is 0.882. The van der Waals surface area contributed by atoms with Gasteiger partial charge in [0, 0.05) is 23.2 Å². The average molecular weight is 314 g/mol. The molecule has 0 aromatic heterocycles. The highest BCUT2D eigenvalue weighted by atomic mass is 79.9. The van der Waals surface area contributed by atoms with Crippen molar-refractivity contribution in [2.45, 2.75) is 38.4 Å². The fourth-order valence-corrected chi connectivity index (χ4v) is 3.00. The lowest BCUT2D eigenvalue weighted by atomic mass is 9.93. The average Bonchev–Trinajstić information content (AvgIpc) is 2.28.